The van der Waals surface area contributed by atoms with Crippen molar-refractivity contribution in [2.45, 2.75) is 59.0 Å². The van der Waals surface area contributed by atoms with Crippen molar-refractivity contribution in [1.29, 1.82) is 0 Å². The van der Waals surface area contributed by atoms with Crippen molar-refractivity contribution in [2.24, 2.45) is 5.92 Å². The summed E-state index contributed by atoms with van der Waals surface area (Å²) < 4.78 is 5.09. The molecular formula is C15H28N2O3. The van der Waals surface area contributed by atoms with Crippen LogP contribution in [0.15, 0.2) is 0 Å². The molecule has 116 valence electrons. The lowest BCUT2D eigenvalue weighted by molar-refractivity contribution is -0.151. The second-order valence-electron chi connectivity index (χ2n) is 5.58. The quantitative estimate of drug-likeness (QED) is 0.752. The third-order valence-electron chi connectivity index (χ3n) is 4.00. The molecule has 5 heteroatoms. The van der Waals surface area contributed by atoms with Gasteiger partial charge in [0.25, 0.3) is 0 Å². The van der Waals surface area contributed by atoms with Crippen LogP contribution in [0.2, 0.25) is 0 Å². The van der Waals surface area contributed by atoms with Crippen LogP contribution in [-0.4, -0.2) is 48.6 Å². The molecule has 1 N–H and O–H groups in total. The second-order valence-corrected chi connectivity index (χ2v) is 5.58. The number of nitrogens with zero attached hydrogens (tertiary/aromatic N) is 1. The number of carbonyl (C=O) groups excluding carboxylic acids is 2. The summed E-state index contributed by atoms with van der Waals surface area (Å²) in [6, 6.07) is -0.00294. The highest BCUT2D eigenvalue weighted by Crippen LogP contribution is 2.20. The first-order valence-corrected chi connectivity index (χ1v) is 7.70. The third-order valence-corrected chi connectivity index (χ3v) is 4.00. The molecule has 1 amide bonds. The van der Waals surface area contributed by atoms with E-state index in [4.69, 9.17) is 4.74 Å². The monoisotopic (exact) mass is 284 g/mol. The molecule has 1 heterocycles. The Morgan fingerprint density at radius 2 is 2.05 bits per heavy atom. The number of rotatable bonds is 6. The normalized spacial score (nSPS) is 22.9. The average molecular weight is 284 g/mol. The van der Waals surface area contributed by atoms with Gasteiger partial charge in [0, 0.05) is 12.6 Å². The zero-order valence-corrected chi connectivity index (χ0v) is 13.1. The summed E-state index contributed by atoms with van der Waals surface area (Å²) >= 11 is 0. The standard InChI is InChI=1S/C15H28N2O3/c1-5-11(3)16-14(18)12(4)17-9-7-8-13(10-17)15(19)20-6-2/h11-13H,5-10H2,1-4H3,(H,16,18). The van der Waals surface area contributed by atoms with Crippen LogP contribution in [0.5, 0.6) is 0 Å². The number of esters is 1. The second kappa shape index (κ2) is 8.25. The molecule has 1 saturated heterocycles. The van der Waals surface area contributed by atoms with Gasteiger partial charge in [-0.05, 0) is 46.6 Å². The van der Waals surface area contributed by atoms with E-state index in [0.717, 1.165) is 25.8 Å². The van der Waals surface area contributed by atoms with Gasteiger partial charge in [-0.1, -0.05) is 6.92 Å². The van der Waals surface area contributed by atoms with Gasteiger partial charge < -0.3 is 10.1 Å². The van der Waals surface area contributed by atoms with Crippen LogP contribution < -0.4 is 5.32 Å². The Morgan fingerprint density at radius 1 is 1.35 bits per heavy atom. The van der Waals surface area contributed by atoms with Gasteiger partial charge in [-0.3, -0.25) is 14.5 Å². The van der Waals surface area contributed by atoms with E-state index in [2.05, 4.69) is 10.2 Å². The van der Waals surface area contributed by atoms with Gasteiger partial charge in [-0.25, -0.2) is 0 Å². The van der Waals surface area contributed by atoms with Gasteiger partial charge in [0.05, 0.1) is 18.6 Å². The third kappa shape index (κ3) is 4.78. The SMILES string of the molecule is CCOC(=O)C1CCCN(C(C)C(=O)NC(C)CC)C1. The molecule has 1 fully saturated rings. The summed E-state index contributed by atoms with van der Waals surface area (Å²) in [5.74, 6) is -0.182. The fraction of sp³-hybridized carbons (Fsp3) is 0.867. The molecule has 20 heavy (non-hydrogen) atoms. The Hall–Kier alpha value is -1.10. The Labute approximate surface area is 122 Å². The number of carbonyl (C=O) groups is 2. The minimum absolute atomic E-state index is 0.0452. The predicted octanol–water partition coefficient (Wildman–Crippen LogP) is 1.56. The molecule has 0 radical (unpaired) electrons. The molecule has 1 aliphatic rings. The van der Waals surface area contributed by atoms with E-state index >= 15 is 0 Å². The van der Waals surface area contributed by atoms with Gasteiger partial charge in [0.15, 0.2) is 0 Å². The zero-order chi connectivity index (χ0) is 15.1. The highest BCUT2D eigenvalue weighted by molar-refractivity contribution is 5.81. The van der Waals surface area contributed by atoms with Crippen LogP contribution in [0.25, 0.3) is 0 Å². The van der Waals surface area contributed by atoms with Crippen molar-refractivity contribution in [2.75, 3.05) is 19.7 Å². The molecule has 0 aromatic heterocycles. The minimum atomic E-state index is -0.193. The molecular weight excluding hydrogens is 256 g/mol. The van der Waals surface area contributed by atoms with Gasteiger partial charge in [-0.15, -0.1) is 0 Å². The fourth-order valence-electron chi connectivity index (χ4n) is 2.44. The van der Waals surface area contributed by atoms with E-state index < -0.39 is 0 Å². The lowest BCUT2D eigenvalue weighted by Crippen LogP contribution is -2.51. The molecule has 0 bridgehead atoms. The summed E-state index contributed by atoms with van der Waals surface area (Å²) in [6.45, 7) is 9.68. The number of amides is 1. The van der Waals surface area contributed by atoms with Crippen LogP contribution in [0, 0.1) is 5.92 Å². The van der Waals surface area contributed by atoms with Gasteiger partial charge in [0.1, 0.15) is 0 Å². The summed E-state index contributed by atoms with van der Waals surface area (Å²) in [7, 11) is 0. The summed E-state index contributed by atoms with van der Waals surface area (Å²) in [6.07, 6.45) is 2.71. The number of nitrogens with one attached hydrogen (secondary N) is 1. The van der Waals surface area contributed by atoms with Crippen LogP contribution >= 0.6 is 0 Å². The Balaban J connectivity index is 2.53. The average Bonchev–Trinajstić information content (AvgIpc) is 2.46. The van der Waals surface area contributed by atoms with Crippen molar-refractivity contribution in [1.82, 2.24) is 10.2 Å². The highest BCUT2D eigenvalue weighted by Gasteiger charge is 2.31. The minimum Gasteiger partial charge on any atom is -0.466 e. The number of hydrogen-bond donors (Lipinski definition) is 1. The van der Waals surface area contributed by atoms with Gasteiger partial charge in [0.2, 0.25) is 5.91 Å². The van der Waals surface area contributed by atoms with Crippen LogP contribution in [0.3, 0.4) is 0 Å². The Morgan fingerprint density at radius 3 is 2.65 bits per heavy atom. The van der Waals surface area contributed by atoms with Crippen molar-refractivity contribution in [3.8, 4) is 0 Å². The summed E-state index contributed by atoms with van der Waals surface area (Å²) in [5.41, 5.74) is 0. The summed E-state index contributed by atoms with van der Waals surface area (Å²) in [5, 5.41) is 3.00. The van der Waals surface area contributed by atoms with E-state index in [1.807, 2.05) is 27.7 Å². The molecule has 0 aromatic carbocycles. The Bertz CT molecular complexity index is 333. The van der Waals surface area contributed by atoms with Gasteiger partial charge >= 0.3 is 5.97 Å². The van der Waals surface area contributed by atoms with Gasteiger partial charge in [-0.2, -0.15) is 0 Å². The maximum absolute atomic E-state index is 12.1. The fourth-order valence-corrected chi connectivity index (χ4v) is 2.44. The molecule has 3 unspecified atom stereocenters. The first kappa shape index (κ1) is 17.0. The van der Waals surface area contributed by atoms with Crippen molar-refractivity contribution in [3.05, 3.63) is 0 Å². The first-order valence-electron chi connectivity index (χ1n) is 7.70. The topological polar surface area (TPSA) is 58.6 Å². The van der Waals surface area contributed by atoms with Crippen molar-refractivity contribution in [3.63, 3.8) is 0 Å². The zero-order valence-electron chi connectivity index (χ0n) is 13.1. The van der Waals surface area contributed by atoms with E-state index in [9.17, 15) is 9.59 Å². The van der Waals surface area contributed by atoms with Crippen LogP contribution in [0.1, 0.15) is 47.0 Å². The molecule has 0 spiro atoms. The lowest BCUT2D eigenvalue weighted by atomic mass is 9.97. The van der Waals surface area contributed by atoms with E-state index in [-0.39, 0.29) is 29.9 Å². The predicted molar refractivity (Wildman–Crippen MR) is 78.3 cm³/mol. The number of ether oxygens (including phenoxy) is 1. The van der Waals surface area contributed by atoms with E-state index in [0.29, 0.717) is 13.2 Å². The van der Waals surface area contributed by atoms with Crippen molar-refractivity contribution >= 4 is 11.9 Å². The highest BCUT2D eigenvalue weighted by atomic mass is 16.5. The lowest BCUT2D eigenvalue weighted by Gasteiger charge is -2.35. The van der Waals surface area contributed by atoms with Crippen LogP contribution in [0.4, 0.5) is 0 Å². The molecule has 1 aliphatic heterocycles. The number of hydrogen-bond acceptors (Lipinski definition) is 4. The number of piperidine rings is 1. The Kier molecular flexibility index (Phi) is 6.99. The van der Waals surface area contributed by atoms with E-state index in [1.165, 1.54) is 0 Å². The van der Waals surface area contributed by atoms with Crippen molar-refractivity contribution < 1.29 is 14.3 Å². The molecule has 0 aliphatic carbocycles. The molecule has 0 aromatic rings. The van der Waals surface area contributed by atoms with Crippen LogP contribution in [-0.2, 0) is 14.3 Å². The summed E-state index contributed by atoms with van der Waals surface area (Å²) in [4.78, 5) is 26.0. The molecule has 3 atom stereocenters. The largest absolute Gasteiger partial charge is 0.466 e. The maximum atomic E-state index is 12.1. The maximum Gasteiger partial charge on any atom is 0.310 e. The molecule has 0 saturated carbocycles. The smallest absolute Gasteiger partial charge is 0.310 e. The molecule has 1 rings (SSSR count). The molecule has 5 nitrogen and oxygen atoms in total. The van der Waals surface area contributed by atoms with E-state index in [1.54, 1.807) is 0 Å². The number of likely N-dealkylation sites (tertiary alicyclic amines) is 1. The first-order chi connectivity index (χ1) is 9.49.